The maximum Gasteiger partial charge on any atom is 0.242 e. The lowest BCUT2D eigenvalue weighted by Crippen LogP contribution is -2.45. The summed E-state index contributed by atoms with van der Waals surface area (Å²) in [4.78, 5) is 29.6. The standard InChI is InChI=1S/C18H23N3O2/c1-18(2,3)17(23)19-10-16(22)21-9-8-15-13(11-21)12-6-4-5-7-14(12)20-15/h4-7,20H,8-11H2,1-3H3,(H,19,23). The zero-order chi connectivity index (χ0) is 16.6. The highest BCUT2D eigenvalue weighted by molar-refractivity contribution is 5.88. The van der Waals surface area contributed by atoms with E-state index in [-0.39, 0.29) is 18.4 Å². The number of carbonyl (C=O) groups excluding carboxylic acids is 2. The fourth-order valence-corrected chi connectivity index (χ4v) is 2.91. The predicted octanol–water partition coefficient (Wildman–Crippen LogP) is 2.21. The summed E-state index contributed by atoms with van der Waals surface area (Å²) in [5, 5.41) is 3.92. The fraction of sp³-hybridized carbons (Fsp3) is 0.444. The molecular formula is C18H23N3O2. The number of H-pyrrole nitrogens is 1. The minimum atomic E-state index is -0.480. The summed E-state index contributed by atoms with van der Waals surface area (Å²) < 4.78 is 0. The SMILES string of the molecule is CC(C)(C)C(=O)NCC(=O)N1CCc2[nH]c3ccccc3c2C1. The van der Waals surface area contributed by atoms with Crippen LogP contribution in [-0.2, 0) is 22.6 Å². The van der Waals surface area contributed by atoms with E-state index in [1.54, 1.807) is 0 Å². The first-order valence-electron chi connectivity index (χ1n) is 8.01. The van der Waals surface area contributed by atoms with E-state index in [2.05, 4.69) is 22.4 Å². The van der Waals surface area contributed by atoms with Gasteiger partial charge in [0.25, 0.3) is 0 Å². The van der Waals surface area contributed by atoms with E-state index in [0.29, 0.717) is 13.1 Å². The van der Waals surface area contributed by atoms with Crippen molar-refractivity contribution in [1.29, 1.82) is 0 Å². The van der Waals surface area contributed by atoms with E-state index in [1.807, 2.05) is 37.8 Å². The fourth-order valence-electron chi connectivity index (χ4n) is 2.91. The first kappa shape index (κ1) is 15.6. The molecule has 1 aromatic heterocycles. The number of para-hydroxylation sites is 1. The first-order valence-corrected chi connectivity index (χ1v) is 8.01. The lowest BCUT2D eigenvalue weighted by molar-refractivity contribution is -0.135. The molecule has 0 bridgehead atoms. The Balaban J connectivity index is 1.69. The highest BCUT2D eigenvalue weighted by Gasteiger charge is 2.26. The average molecular weight is 313 g/mol. The van der Waals surface area contributed by atoms with Gasteiger partial charge in [0.1, 0.15) is 0 Å². The van der Waals surface area contributed by atoms with Crippen molar-refractivity contribution in [2.75, 3.05) is 13.1 Å². The molecule has 2 amide bonds. The van der Waals surface area contributed by atoms with E-state index in [9.17, 15) is 9.59 Å². The Hall–Kier alpha value is -2.30. The van der Waals surface area contributed by atoms with Gasteiger partial charge in [-0.15, -0.1) is 0 Å². The molecule has 0 saturated carbocycles. The Morgan fingerprint density at radius 2 is 2.00 bits per heavy atom. The van der Waals surface area contributed by atoms with Crippen molar-refractivity contribution < 1.29 is 9.59 Å². The number of amides is 2. The molecule has 5 nitrogen and oxygen atoms in total. The number of carbonyl (C=O) groups is 2. The van der Waals surface area contributed by atoms with Gasteiger partial charge in [-0.1, -0.05) is 39.0 Å². The second kappa shape index (κ2) is 5.72. The van der Waals surface area contributed by atoms with Gasteiger partial charge in [-0.25, -0.2) is 0 Å². The minimum absolute atomic E-state index is 0.0291. The molecule has 0 aliphatic carbocycles. The van der Waals surface area contributed by atoms with Gasteiger partial charge in [-0.3, -0.25) is 9.59 Å². The molecule has 2 heterocycles. The molecule has 23 heavy (non-hydrogen) atoms. The molecule has 0 unspecified atom stereocenters. The summed E-state index contributed by atoms with van der Waals surface area (Å²) >= 11 is 0. The van der Waals surface area contributed by atoms with Crippen molar-refractivity contribution in [3.63, 3.8) is 0 Å². The molecule has 0 radical (unpaired) electrons. The monoisotopic (exact) mass is 313 g/mol. The van der Waals surface area contributed by atoms with Crippen molar-refractivity contribution >= 4 is 22.7 Å². The van der Waals surface area contributed by atoms with E-state index in [0.717, 1.165) is 11.9 Å². The molecule has 0 atom stereocenters. The molecule has 2 aromatic rings. The number of hydrogen-bond donors (Lipinski definition) is 2. The third-order valence-corrected chi connectivity index (χ3v) is 4.32. The van der Waals surface area contributed by atoms with E-state index >= 15 is 0 Å². The van der Waals surface area contributed by atoms with Crippen LogP contribution in [-0.4, -0.2) is 34.8 Å². The normalized spacial score (nSPS) is 14.7. The lowest BCUT2D eigenvalue weighted by atomic mass is 9.96. The smallest absolute Gasteiger partial charge is 0.242 e. The summed E-state index contributed by atoms with van der Waals surface area (Å²) in [7, 11) is 0. The average Bonchev–Trinajstić information content (AvgIpc) is 2.89. The topological polar surface area (TPSA) is 65.2 Å². The van der Waals surface area contributed by atoms with Crippen LogP contribution in [0.4, 0.5) is 0 Å². The first-order chi connectivity index (χ1) is 10.9. The summed E-state index contributed by atoms with van der Waals surface area (Å²) in [6, 6.07) is 8.17. The summed E-state index contributed by atoms with van der Waals surface area (Å²) in [5.41, 5.74) is 3.05. The predicted molar refractivity (Wildman–Crippen MR) is 89.9 cm³/mol. The number of nitrogens with one attached hydrogen (secondary N) is 2. The quantitative estimate of drug-likeness (QED) is 0.893. The molecule has 1 aromatic carbocycles. The zero-order valence-electron chi connectivity index (χ0n) is 13.9. The van der Waals surface area contributed by atoms with Crippen LogP contribution in [0.1, 0.15) is 32.0 Å². The van der Waals surface area contributed by atoms with Crippen LogP contribution < -0.4 is 5.32 Å². The number of aromatic nitrogens is 1. The van der Waals surface area contributed by atoms with Crippen LogP contribution in [0.25, 0.3) is 10.9 Å². The number of aromatic amines is 1. The van der Waals surface area contributed by atoms with Crippen LogP contribution in [0.15, 0.2) is 24.3 Å². The molecule has 1 aliphatic heterocycles. The maximum absolute atomic E-state index is 12.4. The van der Waals surface area contributed by atoms with E-state index in [4.69, 9.17) is 0 Å². The second-order valence-electron chi connectivity index (χ2n) is 7.13. The van der Waals surface area contributed by atoms with Gasteiger partial charge in [0, 0.05) is 47.1 Å². The highest BCUT2D eigenvalue weighted by atomic mass is 16.2. The third kappa shape index (κ3) is 3.09. The number of hydrogen-bond acceptors (Lipinski definition) is 2. The minimum Gasteiger partial charge on any atom is -0.358 e. The Labute approximate surface area is 136 Å². The van der Waals surface area contributed by atoms with Crippen LogP contribution in [0.2, 0.25) is 0 Å². The molecule has 3 rings (SSSR count). The number of rotatable bonds is 2. The third-order valence-electron chi connectivity index (χ3n) is 4.32. The van der Waals surface area contributed by atoms with Gasteiger partial charge in [0.15, 0.2) is 0 Å². The van der Waals surface area contributed by atoms with Crippen LogP contribution in [0.5, 0.6) is 0 Å². The van der Waals surface area contributed by atoms with Gasteiger partial charge in [-0.05, 0) is 6.07 Å². The largest absolute Gasteiger partial charge is 0.358 e. The summed E-state index contributed by atoms with van der Waals surface area (Å²) in [5.74, 6) is -0.130. The number of nitrogens with zero attached hydrogens (tertiary/aromatic N) is 1. The lowest BCUT2D eigenvalue weighted by Gasteiger charge is -2.28. The van der Waals surface area contributed by atoms with Crippen molar-refractivity contribution in [2.45, 2.75) is 33.7 Å². The Morgan fingerprint density at radius 3 is 2.74 bits per heavy atom. The van der Waals surface area contributed by atoms with Crippen molar-refractivity contribution in [1.82, 2.24) is 15.2 Å². The molecular weight excluding hydrogens is 290 g/mol. The van der Waals surface area contributed by atoms with Gasteiger partial charge in [0.05, 0.1) is 6.54 Å². The molecule has 5 heteroatoms. The van der Waals surface area contributed by atoms with Gasteiger partial charge in [-0.2, -0.15) is 0 Å². The Bertz CT molecular complexity index is 755. The summed E-state index contributed by atoms with van der Waals surface area (Å²) in [6.45, 7) is 6.87. The number of benzene rings is 1. The second-order valence-corrected chi connectivity index (χ2v) is 7.13. The highest BCUT2D eigenvalue weighted by Crippen LogP contribution is 2.27. The van der Waals surface area contributed by atoms with Gasteiger partial charge in [0.2, 0.25) is 11.8 Å². The van der Waals surface area contributed by atoms with Crippen molar-refractivity contribution in [3.05, 3.63) is 35.5 Å². The maximum atomic E-state index is 12.4. The summed E-state index contributed by atoms with van der Waals surface area (Å²) in [6.07, 6.45) is 0.822. The molecule has 0 fully saturated rings. The molecule has 0 spiro atoms. The number of fused-ring (bicyclic) bond motifs is 3. The zero-order valence-corrected chi connectivity index (χ0v) is 13.9. The van der Waals surface area contributed by atoms with Gasteiger partial charge < -0.3 is 15.2 Å². The molecule has 1 aliphatic rings. The Kier molecular flexibility index (Phi) is 3.88. The van der Waals surface area contributed by atoms with Crippen molar-refractivity contribution in [3.8, 4) is 0 Å². The molecule has 122 valence electrons. The molecule has 0 saturated heterocycles. The van der Waals surface area contributed by atoms with E-state index < -0.39 is 5.41 Å². The van der Waals surface area contributed by atoms with Gasteiger partial charge >= 0.3 is 0 Å². The molecule has 2 N–H and O–H groups in total. The van der Waals surface area contributed by atoms with E-state index in [1.165, 1.54) is 16.6 Å². The Morgan fingerprint density at radius 1 is 1.26 bits per heavy atom. The van der Waals surface area contributed by atoms with Crippen LogP contribution >= 0.6 is 0 Å². The van der Waals surface area contributed by atoms with Crippen molar-refractivity contribution in [2.24, 2.45) is 5.41 Å². The van der Waals surface area contributed by atoms with Crippen LogP contribution in [0.3, 0.4) is 0 Å². The van der Waals surface area contributed by atoms with Crippen LogP contribution in [0, 0.1) is 5.41 Å².